The average Bonchev–Trinajstić information content (AvgIpc) is 3.01. The van der Waals surface area contributed by atoms with Gasteiger partial charge in [0.2, 0.25) is 0 Å². The molecule has 230 valence electrons. The van der Waals surface area contributed by atoms with Crippen molar-refractivity contribution in [2.45, 2.75) is 161 Å². The van der Waals surface area contributed by atoms with Crippen LogP contribution in [0.1, 0.15) is 159 Å². The first-order chi connectivity index (χ1) is 20.1. The van der Waals surface area contributed by atoms with Crippen LogP contribution in [0.3, 0.4) is 0 Å². The van der Waals surface area contributed by atoms with Gasteiger partial charge < -0.3 is 4.74 Å². The first kappa shape index (κ1) is 32.4. The summed E-state index contributed by atoms with van der Waals surface area (Å²) in [5.41, 5.74) is 4.84. The standard InChI is InChI=1S/C40H64O/c1-5-9-12-17-33-19-21-34(22-20-33)31-41-39-35(16-8-4)29-38(30-36(39)18-10-6-2)40(27-13-11-14-28-40)37-25-23-32(15-7-3)24-26-37/h6,8,10,29-30,32-34,37H,4-5,7,9,11-28,31H2,1-3H3. The fourth-order valence-corrected chi connectivity index (χ4v) is 9.03. The quantitative estimate of drug-likeness (QED) is 0.153. The molecule has 3 saturated carbocycles. The van der Waals surface area contributed by atoms with Gasteiger partial charge in [0.25, 0.3) is 0 Å². The highest BCUT2D eigenvalue weighted by Crippen LogP contribution is 2.52. The fourth-order valence-electron chi connectivity index (χ4n) is 9.03. The van der Waals surface area contributed by atoms with E-state index in [1.165, 1.54) is 139 Å². The van der Waals surface area contributed by atoms with E-state index in [-0.39, 0.29) is 0 Å². The molecule has 0 spiro atoms. The predicted octanol–water partition coefficient (Wildman–Crippen LogP) is 12.1. The summed E-state index contributed by atoms with van der Waals surface area (Å²) in [7, 11) is 0. The van der Waals surface area contributed by atoms with E-state index in [2.05, 4.69) is 57.7 Å². The van der Waals surface area contributed by atoms with Crippen molar-refractivity contribution in [1.82, 2.24) is 0 Å². The van der Waals surface area contributed by atoms with Gasteiger partial charge in [-0.2, -0.15) is 0 Å². The highest BCUT2D eigenvalue weighted by molar-refractivity contribution is 5.49. The molecule has 41 heavy (non-hydrogen) atoms. The molecule has 0 N–H and O–H groups in total. The van der Waals surface area contributed by atoms with Gasteiger partial charge in [-0.15, -0.1) is 6.58 Å². The van der Waals surface area contributed by atoms with Crippen LogP contribution in [0.25, 0.3) is 0 Å². The van der Waals surface area contributed by atoms with E-state index in [0.717, 1.165) is 37.2 Å². The number of benzene rings is 1. The van der Waals surface area contributed by atoms with Crippen molar-refractivity contribution in [1.29, 1.82) is 0 Å². The van der Waals surface area contributed by atoms with Crippen LogP contribution in [0.2, 0.25) is 0 Å². The molecule has 0 saturated heterocycles. The Morgan fingerprint density at radius 2 is 1.41 bits per heavy atom. The van der Waals surface area contributed by atoms with E-state index >= 15 is 0 Å². The van der Waals surface area contributed by atoms with Gasteiger partial charge in [-0.3, -0.25) is 0 Å². The molecule has 0 aromatic heterocycles. The molecule has 0 heterocycles. The molecular weight excluding hydrogens is 496 g/mol. The largest absolute Gasteiger partial charge is 0.493 e. The van der Waals surface area contributed by atoms with Gasteiger partial charge in [-0.1, -0.05) is 128 Å². The van der Waals surface area contributed by atoms with E-state index in [9.17, 15) is 0 Å². The monoisotopic (exact) mass is 560 g/mol. The summed E-state index contributed by atoms with van der Waals surface area (Å²) in [6.07, 6.45) is 35.2. The van der Waals surface area contributed by atoms with Crippen molar-refractivity contribution < 1.29 is 4.74 Å². The summed E-state index contributed by atoms with van der Waals surface area (Å²) in [6.45, 7) is 11.9. The van der Waals surface area contributed by atoms with E-state index in [1.807, 2.05) is 0 Å². The van der Waals surface area contributed by atoms with E-state index in [4.69, 9.17) is 4.74 Å². The second-order valence-electron chi connectivity index (χ2n) is 14.3. The number of hydrogen-bond acceptors (Lipinski definition) is 1. The molecule has 3 fully saturated rings. The van der Waals surface area contributed by atoms with E-state index in [0.29, 0.717) is 11.3 Å². The van der Waals surface area contributed by atoms with Gasteiger partial charge in [-0.05, 0) is 104 Å². The second-order valence-corrected chi connectivity index (χ2v) is 14.3. The highest BCUT2D eigenvalue weighted by Gasteiger charge is 2.43. The molecule has 1 aromatic carbocycles. The Morgan fingerprint density at radius 1 is 0.780 bits per heavy atom. The molecular formula is C40H64O. The van der Waals surface area contributed by atoms with Crippen LogP contribution in [-0.4, -0.2) is 6.61 Å². The van der Waals surface area contributed by atoms with Gasteiger partial charge in [-0.25, -0.2) is 0 Å². The van der Waals surface area contributed by atoms with Crippen LogP contribution < -0.4 is 4.74 Å². The van der Waals surface area contributed by atoms with E-state index in [1.54, 1.807) is 5.56 Å². The molecule has 3 aliphatic carbocycles. The third-order valence-corrected chi connectivity index (χ3v) is 11.5. The van der Waals surface area contributed by atoms with Crippen LogP contribution in [0.4, 0.5) is 0 Å². The Balaban J connectivity index is 1.55. The van der Waals surface area contributed by atoms with Crippen molar-refractivity contribution in [3.8, 4) is 5.75 Å². The van der Waals surface area contributed by atoms with Gasteiger partial charge in [0.1, 0.15) is 5.75 Å². The normalized spacial score (nSPS) is 26.7. The van der Waals surface area contributed by atoms with Crippen molar-refractivity contribution in [3.05, 3.63) is 53.6 Å². The van der Waals surface area contributed by atoms with Crippen LogP contribution in [0.15, 0.2) is 36.9 Å². The van der Waals surface area contributed by atoms with Crippen molar-refractivity contribution >= 4 is 0 Å². The number of allylic oxidation sites excluding steroid dienone is 3. The predicted molar refractivity (Wildman–Crippen MR) is 179 cm³/mol. The Labute approximate surface area is 255 Å². The molecule has 0 unspecified atom stereocenters. The smallest absolute Gasteiger partial charge is 0.126 e. The lowest BCUT2D eigenvalue weighted by Crippen LogP contribution is -2.39. The number of rotatable bonds is 15. The highest BCUT2D eigenvalue weighted by atomic mass is 16.5. The Hall–Kier alpha value is -1.50. The second kappa shape index (κ2) is 17.0. The lowest BCUT2D eigenvalue weighted by Gasteiger charge is -2.47. The first-order valence-electron chi connectivity index (χ1n) is 18.1. The Kier molecular flexibility index (Phi) is 13.4. The number of unbranched alkanes of at least 4 members (excludes halogenated alkanes) is 2. The summed E-state index contributed by atoms with van der Waals surface area (Å²) in [5, 5.41) is 0. The van der Waals surface area contributed by atoms with Crippen molar-refractivity contribution in [2.75, 3.05) is 6.61 Å². The Morgan fingerprint density at radius 3 is 2.05 bits per heavy atom. The fraction of sp³-hybridized carbons (Fsp3) is 0.750. The SMILES string of the molecule is C=CCc1cc(C2(C3CCC(CCC)CC3)CCCCC2)cc(CC=CC)c1OCC1CCC(CCCCC)CC1. The Bertz CT molecular complexity index is 918. The molecule has 1 heteroatoms. The average molecular weight is 561 g/mol. The lowest BCUT2D eigenvalue weighted by molar-refractivity contribution is 0.124. The maximum absolute atomic E-state index is 6.87. The summed E-state index contributed by atoms with van der Waals surface area (Å²) >= 11 is 0. The molecule has 1 nitrogen and oxygen atoms in total. The van der Waals surface area contributed by atoms with Gasteiger partial charge in [0.05, 0.1) is 6.61 Å². The minimum absolute atomic E-state index is 0.366. The summed E-state index contributed by atoms with van der Waals surface area (Å²) in [4.78, 5) is 0. The number of ether oxygens (including phenoxy) is 1. The molecule has 1 aromatic rings. The zero-order valence-electron chi connectivity index (χ0n) is 27.4. The lowest BCUT2D eigenvalue weighted by atomic mass is 9.57. The summed E-state index contributed by atoms with van der Waals surface area (Å²) in [5.74, 6) is 4.69. The first-order valence-corrected chi connectivity index (χ1v) is 18.1. The van der Waals surface area contributed by atoms with Crippen LogP contribution in [0, 0.1) is 23.7 Å². The summed E-state index contributed by atoms with van der Waals surface area (Å²) in [6, 6.07) is 5.22. The molecule has 0 radical (unpaired) electrons. The zero-order chi connectivity index (χ0) is 28.9. The van der Waals surface area contributed by atoms with Crippen molar-refractivity contribution in [3.63, 3.8) is 0 Å². The van der Waals surface area contributed by atoms with Gasteiger partial charge >= 0.3 is 0 Å². The summed E-state index contributed by atoms with van der Waals surface area (Å²) < 4.78 is 6.87. The maximum atomic E-state index is 6.87. The molecule has 0 aliphatic heterocycles. The molecule has 0 bridgehead atoms. The molecule has 0 atom stereocenters. The minimum Gasteiger partial charge on any atom is -0.493 e. The molecule has 3 aliphatic rings. The zero-order valence-corrected chi connectivity index (χ0v) is 27.4. The topological polar surface area (TPSA) is 9.23 Å². The van der Waals surface area contributed by atoms with Crippen LogP contribution in [0.5, 0.6) is 5.75 Å². The van der Waals surface area contributed by atoms with Gasteiger partial charge in [0.15, 0.2) is 0 Å². The van der Waals surface area contributed by atoms with Crippen LogP contribution >= 0.6 is 0 Å². The van der Waals surface area contributed by atoms with Crippen LogP contribution in [-0.2, 0) is 18.3 Å². The molecule has 4 rings (SSSR count). The minimum atomic E-state index is 0.366. The van der Waals surface area contributed by atoms with Crippen molar-refractivity contribution in [2.24, 2.45) is 23.7 Å². The van der Waals surface area contributed by atoms with E-state index < -0.39 is 0 Å². The maximum Gasteiger partial charge on any atom is 0.126 e. The van der Waals surface area contributed by atoms with Gasteiger partial charge in [0, 0.05) is 0 Å². The number of hydrogen-bond donors (Lipinski definition) is 0. The molecule has 0 amide bonds. The third-order valence-electron chi connectivity index (χ3n) is 11.5. The third kappa shape index (κ3) is 8.76.